The first kappa shape index (κ1) is 51.8. The van der Waals surface area contributed by atoms with Crippen LogP contribution in [-0.2, 0) is 4.79 Å². The quantitative estimate of drug-likeness (QED) is 0.0315. The van der Waals surface area contributed by atoms with Gasteiger partial charge in [-0.1, -0.05) is 218 Å². The second-order valence-corrected chi connectivity index (χ2v) is 16.1. The summed E-state index contributed by atoms with van der Waals surface area (Å²) >= 11 is 0. The summed E-state index contributed by atoms with van der Waals surface area (Å²) in [7, 11) is 0. The van der Waals surface area contributed by atoms with E-state index in [9.17, 15) is 25.2 Å². The number of unbranched alkanes of at least 4 members (excludes halogenated alkanes) is 29. The number of allylic oxidation sites excluding steroid dienone is 4. The lowest BCUT2D eigenvalue weighted by Crippen LogP contribution is -2.53. The Hall–Kier alpha value is -1.21. The largest absolute Gasteiger partial charge is 0.394 e. The first-order chi connectivity index (χ1) is 26.0. The van der Waals surface area contributed by atoms with Crippen LogP contribution in [0.15, 0.2) is 24.3 Å². The second kappa shape index (κ2) is 41.9. The minimum absolute atomic E-state index is 0.369. The Morgan fingerprint density at radius 2 is 0.811 bits per heavy atom. The van der Waals surface area contributed by atoms with Gasteiger partial charge >= 0.3 is 0 Å². The van der Waals surface area contributed by atoms with E-state index in [2.05, 4.69) is 43.5 Å². The van der Waals surface area contributed by atoms with Crippen LogP contribution in [0.3, 0.4) is 0 Å². The molecule has 0 heterocycles. The van der Waals surface area contributed by atoms with Crippen molar-refractivity contribution in [2.45, 2.75) is 263 Å². The molecule has 0 saturated carbocycles. The molecule has 0 aromatic heterocycles. The molecule has 0 aromatic carbocycles. The molecule has 4 atom stereocenters. The van der Waals surface area contributed by atoms with E-state index in [4.69, 9.17) is 0 Å². The molecule has 0 aromatic rings. The molecule has 0 spiro atoms. The van der Waals surface area contributed by atoms with Gasteiger partial charge in [0.2, 0.25) is 5.91 Å². The van der Waals surface area contributed by atoms with Gasteiger partial charge in [-0.15, -0.1) is 0 Å². The van der Waals surface area contributed by atoms with Crippen molar-refractivity contribution in [3.05, 3.63) is 24.3 Å². The van der Waals surface area contributed by atoms with Gasteiger partial charge < -0.3 is 25.7 Å². The summed E-state index contributed by atoms with van der Waals surface area (Å²) in [6, 6.07) is -0.978. The molecule has 6 heteroatoms. The van der Waals surface area contributed by atoms with Crippen LogP contribution < -0.4 is 5.32 Å². The van der Waals surface area contributed by atoms with Crippen LogP contribution in [0.2, 0.25) is 0 Å². The van der Waals surface area contributed by atoms with E-state index >= 15 is 0 Å². The average Bonchev–Trinajstić information content (AvgIpc) is 3.16. The van der Waals surface area contributed by atoms with E-state index in [1.165, 1.54) is 167 Å². The molecular formula is C47H91NO5. The molecule has 0 saturated heterocycles. The molecular weight excluding hydrogens is 659 g/mol. The molecule has 0 aliphatic heterocycles. The number of hydrogen-bond donors (Lipinski definition) is 5. The molecule has 0 rings (SSSR count). The summed E-state index contributed by atoms with van der Waals surface area (Å²) in [5, 5.41) is 42.8. The SMILES string of the molecule is CCCCCCCCCCCCC/C=C\C/C=C\CCCCCCCCCCCCCCCCCCC(O)C(=O)NC(CO)C(O)C(O)CCCCC. The van der Waals surface area contributed by atoms with Gasteiger partial charge in [0.15, 0.2) is 0 Å². The van der Waals surface area contributed by atoms with Crippen LogP contribution in [0.1, 0.15) is 239 Å². The van der Waals surface area contributed by atoms with Crippen molar-refractivity contribution < 1.29 is 25.2 Å². The van der Waals surface area contributed by atoms with E-state index in [1.54, 1.807) is 0 Å². The highest BCUT2D eigenvalue weighted by molar-refractivity contribution is 5.80. The third-order valence-electron chi connectivity index (χ3n) is 10.9. The summed E-state index contributed by atoms with van der Waals surface area (Å²) < 4.78 is 0. The fourth-order valence-electron chi connectivity index (χ4n) is 7.20. The molecule has 0 fully saturated rings. The third-order valence-corrected chi connectivity index (χ3v) is 10.9. The van der Waals surface area contributed by atoms with Crippen molar-refractivity contribution in [1.82, 2.24) is 5.32 Å². The summed E-state index contributed by atoms with van der Waals surface area (Å²) in [5.74, 6) is -0.592. The zero-order valence-electron chi connectivity index (χ0n) is 35.3. The van der Waals surface area contributed by atoms with Crippen molar-refractivity contribution in [3.8, 4) is 0 Å². The molecule has 0 radical (unpaired) electrons. The van der Waals surface area contributed by atoms with Gasteiger partial charge in [0.05, 0.1) is 18.8 Å². The van der Waals surface area contributed by atoms with Crippen LogP contribution >= 0.6 is 0 Å². The van der Waals surface area contributed by atoms with Crippen molar-refractivity contribution in [1.29, 1.82) is 0 Å². The zero-order chi connectivity index (χ0) is 38.9. The van der Waals surface area contributed by atoms with E-state index in [-0.39, 0.29) is 0 Å². The Morgan fingerprint density at radius 1 is 0.472 bits per heavy atom. The molecule has 0 bridgehead atoms. The number of nitrogens with one attached hydrogen (secondary N) is 1. The Bertz CT molecular complexity index is 802. The molecule has 6 nitrogen and oxygen atoms in total. The predicted octanol–water partition coefficient (Wildman–Crippen LogP) is 12.4. The molecule has 0 aliphatic rings. The first-order valence-electron chi connectivity index (χ1n) is 23.2. The first-order valence-corrected chi connectivity index (χ1v) is 23.2. The number of carbonyl (C=O) groups is 1. The van der Waals surface area contributed by atoms with Crippen LogP contribution in [0.25, 0.3) is 0 Å². The van der Waals surface area contributed by atoms with E-state index < -0.39 is 36.9 Å². The van der Waals surface area contributed by atoms with Crippen LogP contribution in [0, 0.1) is 0 Å². The Labute approximate surface area is 329 Å². The van der Waals surface area contributed by atoms with Crippen molar-refractivity contribution in [2.24, 2.45) is 0 Å². The number of aliphatic hydroxyl groups is 4. The third kappa shape index (κ3) is 36.2. The van der Waals surface area contributed by atoms with Gasteiger partial charge in [-0.25, -0.2) is 0 Å². The number of amides is 1. The van der Waals surface area contributed by atoms with E-state index in [0.29, 0.717) is 12.8 Å². The molecule has 1 amide bonds. The highest BCUT2D eigenvalue weighted by atomic mass is 16.3. The smallest absolute Gasteiger partial charge is 0.249 e. The Kier molecular flexibility index (Phi) is 41.0. The average molecular weight is 750 g/mol. The minimum Gasteiger partial charge on any atom is -0.394 e. The predicted molar refractivity (Wildman–Crippen MR) is 228 cm³/mol. The standard InChI is InChI=1S/C47H91NO5/c1-3-5-7-8-9-10-11-12-13-14-15-16-17-18-19-20-21-22-23-24-25-26-27-28-29-30-31-32-33-34-35-36-37-39-41-45(51)47(53)48-43(42-49)46(52)44(50)40-38-6-4-2/h17-18,20-21,43-46,49-52H,3-16,19,22-42H2,1-2H3,(H,48,53)/b18-17-,21-20-. The van der Waals surface area contributed by atoms with Crippen molar-refractivity contribution >= 4 is 5.91 Å². The fraction of sp³-hybridized carbons (Fsp3) is 0.894. The lowest BCUT2D eigenvalue weighted by molar-refractivity contribution is -0.132. The van der Waals surface area contributed by atoms with Gasteiger partial charge in [-0.2, -0.15) is 0 Å². The summed E-state index contributed by atoms with van der Waals surface area (Å²) in [5.41, 5.74) is 0. The molecule has 5 N–H and O–H groups in total. The normalized spacial score (nSPS) is 14.3. The zero-order valence-corrected chi connectivity index (χ0v) is 35.3. The highest BCUT2D eigenvalue weighted by Gasteiger charge is 2.28. The van der Waals surface area contributed by atoms with Crippen LogP contribution in [0.4, 0.5) is 0 Å². The molecule has 314 valence electrons. The van der Waals surface area contributed by atoms with Crippen molar-refractivity contribution in [3.63, 3.8) is 0 Å². The molecule has 4 unspecified atom stereocenters. The summed E-state index contributed by atoms with van der Waals surface area (Å²) in [4.78, 5) is 12.3. The maximum absolute atomic E-state index is 12.3. The summed E-state index contributed by atoms with van der Waals surface area (Å²) in [6.07, 6.45) is 49.1. The number of hydrogen-bond acceptors (Lipinski definition) is 5. The highest BCUT2D eigenvalue weighted by Crippen LogP contribution is 2.16. The van der Waals surface area contributed by atoms with Crippen molar-refractivity contribution in [2.75, 3.05) is 6.61 Å². The lowest BCUT2D eigenvalue weighted by Gasteiger charge is -2.27. The minimum atomic E-state index is -1.25. The van der Waals surface area contributed by atoms with Crippen LogP contribution in [-0.4, -0.2) is 57.3 Å². The second-order valence-electron chi connectivity index (χ2n) is 16.1. The Morgan fingerprint density at radius 3 is 1.21 bits per heavy atom. The van der Waals surface area contributed by atoms with E-state index in [1.807, 2.05) is 0 Å². The van der Waals surface area contributed by atoms with Gasteiger partial charge in [-0.05, 0) is 44.9 Å². The summed E-state index contributed by atoms with van der Waals surface area (Å²) in [6.45, 7) is 3.87. The van der Waals surface area contributed by atoms with Gasteiger partial charge in [-0.3, -0.25) is 4.79 Å². The number of carbonyl (C=O) groups excluding carboxylic acids is 1. The number of aliphatic hydroxyl groups excluding tert-OH is 4. The number of rotatable bonds is 42. The van der Waals surface area contributed by atoms with Gasteiger partial charge in [0.25, 0.3) is 0 Å². The maximum atomic E-state index is 12.3. The fourth-order valence-corrected chi connectivity index (χ4v) is 7.20. The molecule has 53 heavy (non-hydrogen) atoms. The van der Waals surface area contributed by atoms with Crippen LogP contribution in [0.5, 0.6) is 0 Å². The maximum Gasteiger partial charge on any atom is 0.249 e. The topological polar surface area (TPSA) is 110 Å². The lowest BCUT2D eigenvalue weighted by atomic mass is 10.00. The molecule has 0 aliphatic carbocycles. The van der Waals surface area contributed by atoms with Gasteiger partial charge in [0, 0.05) is 0 Å². The monoisotopic (exact) mass is 750 g/mol. The van der Waals surface area contributed by atoms with Gasteiger partial charge in [0.1, 0.15) is 12.2 Å². The Balaban J connectivity index is 3.44. The van der Waals surface area contributed by atoms with E-state index in [0.717, 1.165) is 44.9 Å².